The third-order valence-electron chi connectivity index (χ3n) is 11.7. The SMILES string of the molecule is CC(=O)N[C@H]1[C@H](O[C@@H]2[C@H](O)[C@@H](O)[C@H](O[C@H]3[C@H](O)[C@@H](O)[C@H](OC[C@@H](CO)NC=O)O[C@@H]3CO)O[C@@H]2CO)O[C@H](CO)[C@H](O)[C@@H]1O[C@@H]1O[C@H](CO)[C@H](O)[C@H](O[C@H]2O[C@H](CO)[C@H](O)[C@H](O)[C@H]2O)[C@H]1O. The Labute approximate surface area is 374 Å². The number of rotatable bonds is 20. The molecule has 0 aromatic heterocycles. The molecule has 0 aromatic rings. The van der Waals surface area contributed by atoms with Crippen molar-refractivity contribution in [1.82, 2.24) is 10.6 Å². The van der Waals surface area contributed by atoms with Gasteiger partial charge in [-0.05, 0) is 0 Å². The van der Waals surface area contributed by atoms with E-state index in [2.05, 4.69) is 10.6 Å². The number of carbonyl (C=O) groups is 2. The summed E-state index contributed by atoms with van der Waals surface area (Å²) in [6, 6.07) is -2.66. The first-order valence-electron chi connectivity index (χ1n) is 20.8. The highest BCUT2D eigenvalue weighted by atomic mass is 16.8. The van der Waals surface area contributed by atoms with Crippen molar-refractivity contribution in [2.45, 2.75) is 166 Å². The molecule has 5 saturated heterocycles. The Morgan fingerprint density at radius 1 is 0.485 bits per heavy atom. The number of carbonyl (C=O) groups excluding carboxylic acids is 2. The zero-order chi connectivity index (χ0) is 48.7. The molecule has 0 aromatic carbocycles. The van der Waals surface area contributed by atoms with Gasteiger partial charge in [0.15, 0.2) is 31.5 Å². The number of ether oxygens (including phenoxy) is 10. The Kier molecular flexibility index (Phi) is 20.5. The molecule has 0 aliphatic carbocycles. The molecule has 5 fully saturated rings. The lowest BCUT2D eigenvalue weighted by atomic mass is 9.94. The summed E-state index contributed by atoms with van der Waals surface area (Å²) in [6.07, 6.45) is -44.3. The minimum atomic E-state index is -2.14. The van der Waals surface area contributed by atoms with Crippen LogP contribution in [0.1, 0.15) is 6.92 Å². The van der Waals surface area contributed by atoms with Crippen LogP contribution in [0.4, 0.5) is 0 Å². The fraction of sp³-hybridized carbons (Fsp3) is 0.944. The van der Waals surface area contributed by atoms with Crippen LogP contribution in [0, 0.1) is 0 Å². The highest BCUT2D eigenvalue weighted by Crippen LogP contribution is 2.36. The van der Waals surface area contributed by atoms with Crippen molar-refractivity contribution in [2.75, 3.05) is 46.2 Å². The molecule has 5 heterocycles. The molecule has 0 spiro atoms. The first-order valence-corrected chi connectivity index (χ1v) is 20.8. The van der Waals surface area contributed by atoms with Crippen molar-refractivity contribution in [1.29, 1.82) is 0 Å². The molecule has 0 saturated carbocycles. The second-order valence-electron chi connectivity index (χ2n) is 16.2. The average Bonchev–Trinajstić information content (AvgIpc) is 3.30. The maximum Gasteiger partial charge on any atom is 0.217 e. The van der Waals surface area contributed by atoms with E-state index in [0.717, 1.165) is 6.92 Å². The summed E-state index contributed by atoms with van der Waals surface area (Å²) in [5.41, 5.74) is 0. The summed E-state index contributed by atoms with van der Waals surface area (Å²) < 4.78 is 56.4. The lowest BCUT2D eigenvalue weighted by Crippen LogP contribution is -2.70. The van der Waals surface area contributed by atoms with Gasteiger partial charge in [0.25, 0.3) is 0 Å². The van der Waals surface area contributed by atoms with E-state index >= 15 is 0 Å². The monoisotopic (exact) mass is 970 g/mol. The minimum absolute atomic E-state index is 0.288. The lowest BCUT2D eigenvalue weighted by molar-refractivity contribution is -0.385. The van der Waals surface area contributed by atoms with Gasteiger partial charge in [-0.25, -0.2) is 0 Å². The van der Waals surface area contributed by atoms with Gasteiger partial charge in [-0.15, -0.1) is 0 Å². The van der Waals surface area contributed by atoms with Crippen LogP contribution in [-0.2, 0) is 57.0 Å². The molecule has 30 heteroatoms. The van der Waals surface area contributed by atoms with Crippen LogP contribution in [0.2, 0.25) is 0 Å². The van der Waals surface area contributed by atoms with Gasteiger partial charge in [-0.3, -0.25) is 9.59 Å². The minimum Gasteiger partial charge on any atom is -0.394 e. The van der Waals surface area contributed by atoms with Crippen molar-refractivity contribution in [2.24, 2.45) is 0 Å². The molecule has 0 radical (unpaired) electrons. The quantitative estimate of drug-likeness (QED) is 0.0504. The summed E-state index contributed by atoms with van der Waals surface area (Å²) in [4.78, 5) is 23.4. The highest BCUT2D eigenvalue weighted by molar-refractivity contribution is 5.73. The molecule has 26 atom stereocenters. The lowest BCUT2D eigenvalue weighted by Gasteiger charge is -2.50. The largest absolute Gasteiger partial charge is 0.394 e. The van der Waals surface area contributed by atoms with Crippen LogP contribution in [0.25, 0.3) is 0 Å². The first kappa shape index (κ1) is 54.8. The molecule has 2 amide bonds. The Balaban J connectivity index is 1.33. The summed E-state index contributed by atoms with van der Waals surface area (Å²) in [6.45, 7) is -4.67. The summed E-state index contributed by atoms with van der Waals surface area (Å²) in [7, 11) is 0. The van der Waals surface area contributed by atoms with Crippen molar-refractivity contribution in [3.05, 3.63) is 0 Å². The van der Waals surface area contributed by atoms with Crippen LogP contribution in [0.3, 0.4) is 0 Å². The van der Waals surface area contributed by atoms with E-state index in [4.69, 9.17) is 47.4 Å². The highest BCUT2D eigenvalue weighted by Gasteiger charge is 2.57. The molecule has 0 unspecified atom stereocenters. The van der Waals surface area contributed by atoms with Gasteiger partial charge in [0.05, 0.1) is 52.3 Å². The molecule has 384 valence electrons. The van der Waals surface area contributed by atoms with Gasteiger partial charge < -0.3 is 140 Å². The van der Waals surface area contributed by atoms with Gasteiger partial charge in [0, 0.05) is 6.92 Å². The predicted molar refractivity (Wildman–Crippen MR) is 202 cm³/mol. The molecule has 5 aliphatic rings. The van der Waals surface area contributed by atoms with Crippen molar-refractivity contribution in [3.8, 4) is 0 Å². The Morgan fingerprint density at radius 3 is 1.38 bits per heavy atom. The van der Waals surface area contributed by atoms with Crippen LogP contribution < -0.4 is 10.6 Å². The zero-order valence-electron chi connectivity index (χ0n) is 35.1. The van der Waals surface area contributed by atoms with E-state index in [0.29, 0.717) is 0 Å². The van der Waals surface area contributed by atoms with Crippen LogP contribution in [0.5, 0.6) is 0 Å². The van der Waals surface area contributed by atoms with Crippen molar-refractivity contribution in [3.63, 3.8) is 0 Å². The molecule has 66 heavy (non-hydrogen) atoms. The second-order valence-corrected chi connectivity index (χ2v) is 16.2. The maximum absolute atomic E-state index is 12.6. The fourth-order valence-corrected chi connectivity index (χ4v) is 8.01. The number of hydrogen-bond acceptors (Lipinski definition) is 28. The molecule has 30 nitrogen and oxygen atoms in total. The van der Waals surface area contributed by atoms with Gasteiger partial charge in [-0.2, -0.15) is 0 Å². The molecular weight excluding hydrogens is 908 g/mol. The average molecular weight is 971 g/mol. The van der Waals surface area contributed by atoms with E-state index in [9.17, 15) is 91.3 Å². The van der Waals surface area contributed by atoms with E-state index in [-0.39, 0.29) is 6.41 Å². The topological polar surface area (TPSA) is 474 Å². The number of amides is 2. The van der Waals surface area contributed by atoms with Crippen molar-refractivity contribution < 1.29 is 139 Å². The van der Waals surface area contributed by atoms with Crippen LogP contribution in [-0.4, -0.2) is 300 Å². The molecule has 18 N–H and O–H groups in total. The molecule has 5 aliphatic heterocycles. The number of hydrogen-bond donors (Lipinski definition) is 18. The number of aliphatic hydroxyl groups is 16. The summed E-state index contributed by atoms with van der Waals surface area (Å²) in [5, 5.41) is 174. The third-order valence-corrected chi connectivity index (χ3v) is 11.7. The number of nitrogens with one attached hydrogen (secondary N) is 2. The van der Waals surface area contributed by atoms with E-state index < -0.39 is 212 Å². The summed E-state index contributed by atoms with van der Waals surface area (Å²) >= 11 is 0. The second kappa shape index (κ2) is 24.6. The Morgan fingerprint density at radius 2 is 0.879 bits per heavy atom. The normalized spacial score (nSPS) is 47.2. The smallest absolute Gasteiger partial charge is 0.217 e. The van der Waals surface area contributed by atoms with Crippen LogP contribution >= 0.6 is 0 Å². The zero-order valence-corrected chi connectivity index (χ0v) is 35.1. The molecular formula is C36H62N2O28. The summed E-state index contributed by atoms with van der Waals surface area (Å²) in [5.74, 6) is -0.835. The van der Waals surface area contributed by atoms with E-state index in [1.54, 1.807) is 0 Å². The first-order chi connectivity index (χ1) is 31.4. The van der Waals surface area contributed by atoms with E-state index in [1.165, 1.54) is 0 Å². The molecule has 0 bridgehead atoms. The van der Waals surface area contributed by atoms with Crippen molar-refractivity contribution >= 4 is 12.3 Å². The van der Waals surface area contributed by atoms with Gasteiger partial charge in [-0.1, -0.05) is 0 Å². The predicted octanol–water partition coefficient (Wildman–Crippen LogP) is -12.6. The fourth-order valence-electron chi connectivity index (χ4n) is 8.01. The standard InChI is InChI=1S/C36H62N2O28/c1-10(46)38-17-30(65-36-27(56)31(20(49)14(5-42)60-36)66-34-24(53)21(50)18(47)12(3-40)59-34)19(48)13(4-41)58-32(17)63-28-16(7-44)62-35(26(55)23(28)52)64-29-15(6-43)61-33(25(54)22(29)51)57-8-11(2-39)37-9-45/h9,11-36,39-44,47-56H,2-8H2,1H3,(H,37,45)(H,38,46)/t11-,12-,13-,14-,15-,16-,17-,18+,19+,20+,21+,22-,23-,24-,25-,26-,27-,28+,29-,30-,31+,32+,33-,34-,35+,36+/m1/s1. The van der Waals surface area contributed by atoms with Gasteiger partial charge in [0.1, 0.15) is 122 Å². The Bertz CT molecular complexity index is 1490. The number of aliphatic hydroxyl groups excluding tert-OH is 16. The maximum atomic E-state index is 12.6. The molecule has 5 rings (SSSR count). The Hall–Kier alpha value is -2.10. The van der Waals surface area contributed by atoms with Gasteiger partial charge >= 0.3 is 0 Å². The van der Waals surface area contributed by atoms with Crippen LogP contribution in [0.15, 0.2) is 0 Å². The van der Waals surface area contributed by atoms with Gasteiger partial charge in [0.2, 0.25) is 12.3 Å². The third kappa shape index (κ3) is 12.1. The van der Waals surface area contributed by atoms with E-state index in [1.807, 2.05) is 0 Å².